The van der Waals surface area contributed by atoms with E-state index in [1.165, 1.54) is 11.3 Å². The summed E-state index contributed by atoms with van der Waals surface area (Å²) in [4.78, 5) is 23.4. The lowest BCUT2D eigenvalue weighted by molar-refractivity contribution is 0.0565. The van der Waals surface area contributed by atoms with Crippen molar-refractivity contribution in [2.24, 2.45) is 0 Å². The summed E-state index contributed by atoms with van der Waals surface area (Å²) in [5.41, 5.74) is 3.39. The molecule has 2 aromatic heterocycles. The molecule has 1 saturated carbocycles. The van der Waals surface area contributed by atoms with Crippen molar-refractivity contribution in [3.8, 4) is 11.1 Å². The number of pyridine rings is 1. The molecule has 6 heteroatoms. The lowest BCUT2D eigenvalue weighted by atomic mass is 9.89. The minimum atomic E-state index is 0.0443. The van der Waals surface area contributed by atoms with Crippen molar-refractivity contribution in [2.75, 3.05) is 13.6 Å². The summed E-state index contributed by atoms with van der Waals surface area (Å²) in [5, 5.41) is 1.54. The van der Waals surface area contributed by atoms with Crippen molar-refractivity contribution >= 4 is 38.9 Å². The Hall–Kier alpha value is -2.73. The Balaban J connectivity index is 1.46. The SMILES string of the molecule is CCN(C)C1CCC(N(Cc2cccc(-c3ccncc3)c2)C(=O)c2sc3ccccc3c2Cl)CC1. The third kappa shape index (κ3) is 5.19. The van der Waals surface area contributed by atoms with Gasteiger partial charge in [-0.05, 0) is 80.2 Å². The van der Waals surface area contributed by atoms with Crippen LogP contribution in [0.25, 0.3) is 21.2 Å². The van der Waals surface area contributed by atoms with Gasteiger partial charge in [0.05, 0.1) is 5.02 Å². The highest BCUT2D eigenvalue weighted by Crippen LogP contribution is 2.38. The number of rotatable bonds is 7. The van der Waals surface area contributed by atoms with Gasteiger partial charge in [-0.3, -0.25) is 9.78 Å². The number of thiophene rings is 1. The second-order valence-electron chi connectivity index (χ2n) is 9.65. The summed E-state index contributed by atoms with van der Waals surface area (Å²) in [6, 6.07) is 21.3. The van der Waals surface area contributed by atoms with Crippen molar-refractivity contribution in [3.63, 3.8) is 0 Å². The first-order valence-corrected chi connectivity index (χ1v) is 13.9. The van der Waals surface area contributed by atoms with E-state index in [-0.39, 0.29) is 11.9 Å². The van der Waals surface area contributed by atoms with Gasteiger partial charge in [-0.1, -0.05) is 54.9 Å². The number of nitrogens with zero attached hydrogens (tertiary/aromatic N) is 3. The number of fused-ring (bicyclic) bond motifs is 1. The molecule has 4 nitrogen and oxygen atoms in total. The van der Waals surface area contributed by atoms with E-state index in [1.807, 2.05) is 48.8 Å². The first-order chi connectivity index (χ1) is 17.5. The average molecular weight is 518 g/mol. The van der Waals surface area contributed by atoms with E-state index in [1.54, 1.807) is 0 Å². The Bertz CT molecular complexity index is 1330. The molecule has 0 atom stereocenters. The zero-order valence-corrected chi connectivity index (χ0v) is 22.4. The normalized spacial score (nSPS) is 18.0. The summed E-state index contributed by atoms with van der Waals surface area (Å²) in [5.74, 6) is 0.0443. The fourth-order valence-electron chi connectivity index (χ4n) is 5.31. The number of amides is 1. The Morgan fingerprint density at radius 3 is 2.42 bits per heavy atom. The Labute approximate surface area is 222 Å². The van der Waals surface area contributed by atoms with Crippen LogP contribution in [0.2, 0.25) is 5.02 Å². The molecule has 186 valence electrons. The molecule has 0 aliphatic heterocycles. The number of carbonyl (C=O) groups excluding carboxylic acids is 1. The Morgan fingerprint density at radius 1 is 0.972 bits per heavy atom. The zero-order valence-electron chi connectivity index (χ0n) is 20.9. The molecular weight excluding hydrogens is 486 g/mol. The zero-order chi connectivity index (χ0) is 25.1. The molecule has 0 N–H and O–H groups in total. The summed E-state index contributed by atoms with van der Waals surface area (Å²) in [7, 11) is 2.20. The highest BCUT2D eigenvalue weighted by molar-refractivity contribution is 7.21. The molecule has 0 unspecified atom stereocenters. The molecule has 2 heterocycles. The molecule has 2 aromatic carbocycles. The van der Waals surface area contributed by atoms with Gasteiger partial charge in [0.1, 0.15) is 4.88 Å². The molecule has 0 spiro atoms. The molecule has 0 bridgehead atoms. The molecule has 0 saturated heterocycles. The molecule has 1 amide bonds. The lowest BCUT2D eigenvalue weighted by Gasteiger charge is -2.39. The van der Waals surface area contributed by atoms with Crippen molar-refractivity contribution in [1.29, 1.82) is 0 Å². The molecule has 1 fully saturated rings. The average Bonchev–Trinajstić information content (AvgIpc) is 3.28. The number of aromatic nitrogens is 1. The first-order valence-electron chi connectivity index (χ1n) is 12.7. The molecule has 1 aliphatic carbocycles. The van der Waals surface area contributed by atoms with E-state index < -0.39 is 0 Å². The summed E-state index contributed by atoms with van der Waals surface area (Å²) < 4.78 is 1.05. The van der Waals surface area contributed by atoms with Crippen LogP contribution < -0.4 is 0 Å². The van der Waals surface area contributed by atoms with Gasteiger partial charge in [0, 0.05) is 41.1 Å². The third-order valence-corrected chi connectivity index (χ3v) is 9.18. The maximum absolute atomic E-state index is 14.1. The Morgan fingerprint density at radius 2 is 1.69 bits per heavy atom. The van der Waals surface area contributed by atoms with Gasteiger partial charge in [-0.25, -0.2) is 0 Å². The van der Waals surface area contributed by atoms with Crippen LogP contribution in [0.4, 0.5) is 0 Å². The fourth-order valence-corrected chi connectivity index (χ4v) is 6.78. The van der Waals surface area contributed by atoms with E-state index in [0.29, 0.717) is 22.5 Å². The van der Waals surface area contributed by atoms with Crippen molar-refractivity contribution < 1.29 is 4.79 Å². The summed E-state index contributed by atoms with van der Waals surface area (Å²) in [6.45, 7) is 3.83. The summed E-state index contributed by atoms with van der Waals surface area (Å²) >= 11 is 8.28. The van der Waals surface area contributed by atoms with E-state index in [9.17, 15) is 4.79 Å². The number of benzene rings is 2. The van der Waals surface area contributed by atoms with E-state index >= 15 is 0 Å². The highest BCUT2D eigenvalue weighted by atomic mass is 35.5. The van der Waals surface area contributed by atoms with Crippen LogP contribution in [0, 0.1) is 0 Å². The fraction of sp³-hybridized carbons (Fsp3) is 0.333. The lowest BCUT2D eigenvalue weighted by Crippen LogP contribution is -2.45. The van der Waals surface area contributed by atoms with E-state index in [0.717, 1.165) is 59.0 Å². The minimum Gasteiger partial charge on any atom is -0.331 e. The molecule has 1 aliphatic rings. The molecule has 0 radical (unpaired) electrons. The standard InChI is InChI=1S/C30H32ClN3OS/c1-3-33(2)24-11-13-25(14-12-24)34(30(35)29-28(31)26-9-4-5-10-27(26)36-29)20-21-7-6-8-23(19-21)22-15-17-32-18-16-22/h4-10,15-19,24-25H,3,11-14,20H2,1-2H3. The van der Waals surface area contributed by atoms with Gasteiger partial charge in [-0.15, -0.1) is 11.3 Å². The van der Waals surface area contributed by atoms with Crippen molar-refractivity contribution in [1.82, 2.24) is 14.8 Å². The van der Waals surface area contributed by atoms with Crippen LogP contribution in [0.15, 0.2) is 73.1 Å². The molecular formula is C30H32ClN3OS. The van der Waals surface area contributed by atoms with Crippen molar-refractivity contribution in [3.05, 3.63) is 88.5 Å². The minimum absolute atomic E-state index is 0.0443. The molecule has 36 heavy (non-hydrogen) atoms. The maximum Gasteiger partial charge on any atom is 0.266 e. The van der Waals surface area contributed by atoms with Crippen LogP contribution in [0.3, 0.4) is 0 Å². The first kappa shape index (κ1) is 24.9. The second-order valence-corrected chi connectivity index (χ2v) is 11.1. The topological polar surface area (TPSA) is 36.4 Å². The van der Waals surface area contributed by atoms with E-state index in [4.69, 9.17) is 11.6 Å². The molecule has 4 aromatic rings. The van der Waals surface area contributed by atoms with Gasteiger partial charge >= 0.3 is 0 Å². The van der Waals surface area contributed by atoms with Gasteiger partial charge in [0.25, 0.3) is 5.91 Å². The quantitative estimate of drug-likeness (QED) is 0.254. The summed E-state index contributed by atoms with van der Waals surface area (Å²) in [6.07, 6.45) is 7.85. The number of carbonyl (C=O) groups is 1. The largest absolute Gasteiger partial charge is 0.331 e. The second kappa shape index (κ2) is 11.1. The highest BCUT2D eigenvalue weighted by Gasteiger charge is 2.32. The van der Waals surface area contributed by atoms with Crippen molar-refractivity contribution in [2.45, 2.75) is 51.2 Å². The van der Waals surface area contributed by atoms with Gasteiger partial charge in [-0.2, -0.15) is 0 Å². The maximum atomic E-state index is 14.1. The Kier molecular flexibility index (Phi) is 7.70. The predicted octanol–water partition coefficient (Wildman–Crippen LogP) is 7.52. The number of hydrogen-bond acceptors (Lipinski definition) is 4. The smallest absolute Gasteiger partial charge is 0.266 e. The number of hydrogen-bond donors (Lipinski definition) is 0. The monoisotopic (exact) mass is 517 g/mol. The van der Waals surface area contributed by atoms with Gasteiger partial charge in [0.2, 0.25) is 0 Å². The van der Waals surface area contributed by atoms with Gasteiger partial charge in [0.15, 0.2) is 0 Å². The number of halogens is 1. The van der Waals surface area contributed by atoms with Crippen LogP contribution in [-0.2, 0) is 6.54 Å². The van der Waals surface area contributed by atoms with Crippen LogP contribution in [0.1, 0.15) is 47.8 Å². The molecule has 5 rings (SSSR count). The van der Waals surface area contributed by atoms with E-state index in [2.05, 4.69) is 53.0 Å². The van der Waals surface area contributed by atoms with Gasteiger partial charge < -0.3 is 9.80 Å². The predicted molar refractivity (Wildman–Crippen MR) is 151 cm³/mol. The van der Waals surface area contributed by atoms with Crippen LogP contribution >= 0.6 is 22.9 Å². The van der Waals surface area contributed by atoms with Crippen LogP contribution in [0.5, 0.6) is 0 Å². The van der Waals surface area contributed by atoms with Crippen LogP contribution in [-0.4, -0.2) is 46.4 Å². The third-order valence-electron chi connectivity index (χ3n) is 7.51.